The molecule has 0 amide bonds. The Balaban J connectivity index is 3.07. The van der Waals surface area contributed by atoms with Crippen LogP contribution in [0.25, 0.3) is 0 Å². The summed E-state index contributed by atoms with van der Waals surface area (Å²) < 4.78 is 15.6. The summed E-state index contributed by atoms with van der Waals surface area (Å²) in [7, 11) is 2.52. The zero-order valence-corrected chi connectivity index (χ0v) is 12.8. The van der Waals surface area contributed by atoms with Gasteiger partial charge in [0, 0.05) is 4.47 Å². The molecule has 0 aromatic heterocycles. The molecule has 1 rings (SSSR count). The molecule has 1 aromatic rings. The fourth-order valence-electron chi connectivity index (χ4n) is 1.16. The van der Waals surface area contributed by atoms with Crippen molar-refractivity contribution < 1.29 is 23.8 Å². The molecule has 7 heteroatoms. The van der Waals surface area contributed by atoms with Crippen molar-refractivity contribution in [3.8, 4) is 5.75 Å². The zero-order valence-electron chi connectivity index (χ0n) is 9.66. The number of hydrogen-bond acceptors (Lipinski definition) is 5. The van der Waals surface area contributed by atoms with E-state index in [-0.39, 0.29) is 17.9 Å². The summed E-state index contributed by atoms with van der Waals surface area (Å²) in [5.74, 6) is -0.868. The van der Waals surface area contributed by atoms with Crippen LogP contribution in [0.5, 0.6) is 5.75 Å². The number of benzene rings is 1. The second kappa shape index (κ2) is 6.75. The lowest BCUT2D eigenvalue weighted by Crippen LogP contribution is -2.15. The van der Waals surface area contributed by atoms with Crippen molar-refractivity contribution in [3.05, 3.63) is 26.6 Å². The van der Waals surface area contributed by atoms with Crippen molar-refractivity contribution in [2.45, 2.75) is 0 Å². The summed E-state index contributed by atoms with van der Waals surface area (Å²) in [6.07, 6.45) is 0. The highest BCUT2D eigenvalue weighted by atomic mass is 79.9. The zero-order chi connectivity index (χ0) is 13.7. The van der Waals surface area contributed by atoms with E-state index in [4.69, 9.17) is 4.74 Å². The van der Waals surface area contributed by atoms with Gasteiger partial charge in [-0.1, -0.05) is 15.9 Å². The van der Waals surface area contributed by atoms with E-state index in [0.717, 1.165) is 0 Å². The van der Waals surface area contributed by atoms with E-state index in [1.165, 1.54) is 14.2 Å². The van der Waals surface area contributed by atoms with Crippen molar-refractivity contribution >= 4 is 43.8 Å². The van der Waals surface area contributed by atoms with Gasteiger partial charge in [-0.25, -0.2) is 9.59 Å². The van der Waals surface area contributed by atoms with Gasteiger partial charge in [0.05, 0.1) is 18.7 Å². The van der Waals surface area contributed by atoms with Gasteiger partial charge in [-0.2, -0.15) is 0 Å². The maximum absolute atomic E-state index is 11.6. The predicted octanol–water partition coefficient (Wildman–Crippen LogP) is 2.55. The van der Waals surface area contributed by atoms with Gasteiger partial charge in [-0.05, 0) is 28.1 Å². The first kappa shape index (κ1) is 15.0. The summed E-state index contributed by atoms with van der Waals surface area (Å²) in [4.78, 5) is 22.6. The van der Waals surface area contributed by atoms with Gasteiger partial charge in [-0.3, -0.25) is 0 Å². The molecule has 0 saturated carbocycles. The molecule has 0 aliphatic heterocycles. The molecule has 0 bridgehead atoms. The number of rotatable bonds is 4. The molecule has 0 N–H and O–H groups in total. The van der Waals surface area contributed by atoms with Crippen LogP contribution in [0, 0.1) is 0 Å². The number of carbonyl (C=O) groups excluding carboxylic acids is 2. The standard InChI is InChI=1S/C11H10Br2O5/c1-16-9(14)5-18-10-7(11(15)17-2)3-6(12)4-8(10)13/h3-4H,5H2,1-2H3. The molecule has 0 aliphatic rings. The van der Waals surface area contributed by atoms with Crippen molar-refractivity contribution in [2.24, 2.45) is 0 Å². The number of hydrogen-bond donors (Lipinski definition) is 0. The Morgan fingerprint density at radius 1 is 1.17 bits per heavy atom. The highest BCUT2D eigenvalue weighted by Crippen LogP contribution is 2.33. The van der Waals surface area contributed by atoms with Crippen LogP contribution in [0.1, 0.15) is 10.4 Å². The SMILES string of the molecule is COC(=O)COc1c(Br)cc(Br)cc1C(=O)OC. The number of methoxy groups -OCH3 is 2. The predicted molar refractivity (Wildman–Crippen MR) is 70.7 cm³/mol. The summed E-state index contributed by atoms with van der Waals surface area (Å²) >= 11 is 6.51. The van der Waals surface area contributed by atoms with Crippen LogP contribution >= 0.6 is 31.9 Å². The summed E-state index contributed by atoms with van der Waals surface area (Å²) in [5.41, 5.74) is 0.211. The largest absolute Gasteiger partial charge is 0.480 e. The Bertz CT molecular complexity index is 473. The van der Waals surface area contributed by atoms with E-state index in [1.807, 2.05) is 0 Å². The Morgan fingerprint density at radius 3 is 2.39 bits per heavy atom. The molecule has 0 radical (unpaired) electrons. The molecular weight excluding hydrogens is 372 g/mol. The van der Waals surface area contributed by atoms with Gasteiger partial charge in [0.1, 0.15) is 11.3 Å². The first-order valence-electron chi connectivity index (χ1n) is 4.76. The average Bonchev–Trinajstić information content (AvgIpc) is 2.35. The normalized spacial score (nSPS) is 9.78. The minimum atomic E-state index is -0.558. The van der Waals surface area contributed by atoms with Crippen LogP contribution in [0.3, 0.4) is 0 Å². The molecule has 98 valence electrons. The minimum Gasteiger partial charge on any atom is -0.480 e. The highest BCUT2D eigenvalue weighted by Gasteiger charge is 2.18. The van der Waals surface area contributed by atoms with Crippen LogP contribution in [-0.4, -0.2) is 32.8 Å². The molecule has 5 nitrogen and oxygen atoms in total. The molecule has 1 aromatic carbocycles. The molecular formula is C11H10Br2O5. The van der Waals surface area contributed by atoms with Crippen LogP contribution in [0.2, 0.25) is 0 Å². The number of carbonyl (C=O) groups is 2. The van der Waals surface area contributed by atoms with E-state index in [0.29, 0.717) is 8.95 Å². The van der Waals surface area contributed by atoms with Gasteiger partial charge in [-0.15, -0.1) is 0 Å². The van der Waals surface area contributed by atoms with Crippen LogP contribution in [-0.2, 0) is 14.3 Å². The minimum absolute atomic E-state index is 0.211. The lowest BCUT2D eigenvalue weighted by molar-refractivity contribution is -0.142. The van der Waals surface area contributed by atoms with E-state index in [2.05, 4.69) is 41.3 Å². The Hall–Kier alpha value is -1.08. The molecule has 0 aliphatic carbocycles. The fourth-order valence-corrected chi connectivity index (χ4v) is 2.50. The van der Waals surface area contributed by atoms with Gasteiger partial charge in [0.15, 0.2) is 6.61 Å². The van der Waals surface area contributed by atoms with Gasteiger partial charge >= 0.3 is 11.9 Å². The molecule has 18 heavy (non-hydrogen) atoms. The molecule has 0 fully saturated rings. The average molecular weight is 382 g/mol. The quantitative estimate of drug-likeness (QED) is 0.750. The number of ether oxygens (including phenoxy) is 3. The maximum Gasteiger partial charge on any atom is 0.343 e. The second-order valence-electron chi connectivity index (χ2n) is 3.12. The van der Waals surface area contributed by atoms with E-state index in [9.17, 15) is 9.59 Å². The topological polar surface area (TPSA) is 61.8 Å². The molecule has 0 saturated heterocycles. The van der Waals surface area contributed by atoms with Gasteiger partial charge < -0.3 is 14.2 Å². The van der Waals surface area contributed by atoms with E-state index in [1.54, 1.807) is 12.1 Å². The molecule has 0 atom stereocenters. The summed E-state index contributed by atoms with van der Waals surface area (Å²) in [6, 6.07) is 3.24. The van der Waals surface area contributed by atoms with E-state index < -0.39 is 11.9 Å². The summed E-state index contributed by atoms with van der Waals surface area (Å²) in [5, 5.41) is 0. The van der Waals surface area contributed by atoms with Gasteiger partial charge in [0.25, 0.3) is 0 Å². The smallest absolute Gasteiger partial charge is 0.343 e. The monoisotopic (exact) mass is 380 g/mol. The number of halogens is 2. The first-order chi connectivity index (χ1) is 8.49. The van der Waals surface area contributed by atoms with Crippen molar-refractivity contribution in [2.75, 3.05) is 20.8 Å². The third kappa shape index (κ3) is 3.71. The van der Waals surface area contributed by atoms with Crippen molar-refractivity contribution in [1.29, 1.82) is 0 Å². The van der Waals surface area contributed by atoms with E-state index >= 15 is 0 Å². The second-order valence-corrected chi connectivity index (χ2v) is 4.89. The Morgan fingerprint density at radius 2 is 1.83 bits per heavy atom. The third-order valence-corrected chi connectivity index (χ3v) is 3.02. The lowest BCUT2D eigenvalue weighted by atomic mass is 10.2. The lowest BCUT2D eigenvalue weighted by Gasteiger charge is -2.11. The van der Waals surface area contributed by atoms with Crippen molar-refractivity contribution in [3.63, 3.8) is 0 Å². The third-order valence-electron chi connectivity index (χ3n) is 1.98. The number of esters is 2. The highest BCUT2D eigenvalue weighted by molar-refractivity contribution is 9.11. The van der Waals surface area contributed by atoms with Crippen LogP contribution in [0.4, 0.5) is 0 Å². The van der Waals surface area contributed by atoms with Crippen LogP contribution in [0.15, 0.2) is 21.1 Å². The van der Waals surface area contributed by atoms with Crippen molar-refractivity contribution in [1.82, 2.24) is 0 Å². The molecule has 0 spiro atoms. The molecule has 0 unspecified atom stereocenters. The maximum atomic E-state index is 11.6. The van der Waals surface area contributed by atoms with Gasteiger partial charge in [0.2, 0.25) is 0 Å². The van der Waals surface area contributed by atoms with Crippen LogP contribution < -0.4 is 4.74 Å². The first-order valence-corrected chi connectivity index (χ1v) is 6.35. The fraction of sp³-hybridized carbons (Fsp3) is 0.273. The Kier molecular flexibility index (Phi) is 5.61. The Labute approximate surface area is 121 Å². The molecule has 0 heterocycles. The summed E-state index contributed by atoms with van der Waals surface area (Å²) in [6.45, 7) is -0.291.